The molecule has 0 aliphatic rings. The van der Waals surface area contributed by atoms with Crippen LogP contribution in [0.25, 0.3) is 0 Å². The number of nitrogens with one attached hydrogen (secondary N) is 1. The Hall–Kier alpha value is -1.73. The number of hydrogen-bond donors (Lipinski definition) is 1. The predicted molar refractivity (Wildman–Crippen MR) is 70.7 cm³/mol. The maximum atomic E-state index is 8.58. The first-order chi connectivity index (χ1) is 8.46. The Kier molecular flexibility index (Phi) is 4.99. The molecule has 18 heavy (non-hydrogen) atoms. The average Bonchev–Trinajstić information content (AvgIpc) is 2.33. The predicted octanol–water partition coefficient (Wildman–Crippen LogP) is 2.49. The topological polar surface area (TPSA) is 54.3 Å². The molecule has 98 valence electrons. The van der Waals surface area contributed by atoms with Crippen LogP contribution in [0.1, 0.15) is 26.3 Å². The molecule has 4 heteroatoms. The Bertz CT molecular complexity index is 430. The lowest BCUT2D eigenvalue weighted by Gasteiger charge is -2.21. The highest BCUT2D eigenvalue weighted by atomic mass is 16.5. The summed E-state index contributed by atoms with van der Waals surface area (Å²) in [4.78, 5) is 0. The Morgan fingerprint density at radius 2 is 2.06 bits per heavy atom. The first-order valence-electron chi connectivity index (χ1n) is 5.88. The SMILES string of the molecule is COc1ccc(CNC(C)(C)C)c(OCC#N)c1. The van der Waals surface area contributed by atoms with Crippen molar-refractivity contribution in [3.8, 4) is 17.6 Å². The summed E-state index contributed by atoms with van der Waals surface area (Å²) in [6.07, 6.45) is 0. The van der Waals surface area contributed by atoms with Crippen molar-refractivity contribution in [2.45, 2.75) is 32.9 Å². The molecule has 0 radical (unpaired) electrons. The Balaban J connectivity index is 2.85. The molecular formula is C14H20N2O2. The third-order valence-corrected chi connectivity index (χ3v) is 2.38. The zero-order valence-electron chi connectivity index (χ0n) is 11.4. The first-order valence-corrected chi connectivity index (χ1v) is 5.88. The second-order valence-corrected chi connectivity index (χ2v) is 5.02. The van der Waals surface area contributed by atoms with Gasteiger partial charge >= 0.3 is 0 Å². The Labute approximate surface area is 109 Å². The van der Waals surface area contributed by atoms with E-state index in [4.69, 9.17) is 14.7 Å². The smallest absolute Gasteiger partial charge is 0.174 e. The summed E-state index contributed by atoms with van der Waals surface area (Å²) in [5.74, 6) is 1.41. The fraction of sp³-hybridized carbons (Fsp3) is 0.500. The fourth-order valence-electron chi connectivity index (χ4n) is 1.41. The highest BCUT2D eigenvalue weighted by Gasteiger charge is 2.11. The van der Waals surface area contributed by atoms with E-state index in [0.29, 0.717) is 12.3 Å². The average molecular weight is 248 g/mol. The molecule has 0 saturated heterocycles. The molecule has 1 aromatic carbocycles. The molecule has 0 fully saturated rings. The van der Waals surface area contributed by atoms with Crippen LogP contribution in [0.15, 0.2) is 18.2 Å². The van der Waals surface area contributed by atoms with E-state index in [0.717, 1.165) is 11.3 Å². The molecule has 0 unspecified atom stereocenters. The van der Waals surface area contributed by atoms with Crippen molar-refractivity contribution in [2.24, 2.45) is 0 Å². The van der Waals surface area contributed by atoms with Gasteiger partial charge in [0.1, 0.15) is 17.6 Å². The molecule has 0 aliphatic carbocycles. The maximum absolute atomic E-state index is 8.58. The van der Waals surface area contributed by atoms with Crippen LogP contribution in [0.3, 0.4) is 0 Å². The lowest BCUT2D eigenvalue weighted by Crippen LogP contribution is -2.35. The Morgan fingerprint density at radius 1 is 1.33 bits per heavy atom. The van der Waals surface area contributed by atoms with Crippen molar-refractivity contribution < 1.29 is 9.47 Å². The van der Waals surface area contributed by atoms with Gasteiger partial charge in [-0.05, 0) is 26.8 Å². The zero-order chi connectivity index (χ0) is 13.6. The summed E-state index contributed by atoms with van der Waals surface area (Å²) in [6.45, 7) is 7.04. The van der Waals surface area contributed by atoms with E-state index < -0.39 is 0 Å². The molecule has 1 N–H and O–H groups in total. The van der Waals surface area contributed by atoms with Gasteiger partial charge in [-0.15, -0.1) is 0 Å². The molecule has 0 aliphatic heterocycles. The monoisotopic (exact) mass is 248 g/mol. The van der Waals surface area contributed by atoms with Crippen LogP contribution in [0.5, 0.6) is 11.5 Å². The molecule has 0 atom stereocenters. The van der Waals surface area contributed by atoms with Crippen LogP contribution < -0.4 is 14.8 Å². The number of hydrogen-bond acceptors (Lipinski definition) is 4. The van der Waals surface area contributed by atoms with Gasteiger partial charge in [0.05, 0.1) is 7.11 Å². The molecule has 1 aromatic rings. The number of benzene rings is 1. The van der Waals surface area contributed by atoms with E-state index in [1.165, 1.54) is 0 Å². The van der Waals surface area contributed by atoms with Crippen LogP contribution in [-0.2, 0) is 6.54 Å². The van der Waals surface area contributed by atoms with E-state index in [1.54, 1.807) is 13.2 Å². The lowest BCUT2D eigenvalue weighted by atomic mass is 10.1. The van der Waals surface area contributed by atoms with Gasteiger partial charge in [0.2, 0.25) is 0 Å². The van der Waals surface area contributed by atoms with Crippen molar-refractivity contribution in [3.63, 3.8) is 0 Å². The van der Waals surface area contributed by atoms with Gasteiger partial charge in [-0.25, -0.2) is 0 Å². The van der Waals surface area contributed by atoms with Crippen molar-refractivity contribution in [1.82, 2.24) is 5.32 Å². The van der Waals surface area contributed by atoms with E-state index >= 15 is 0 Å². The summed E-state index contributed by atoms with van der Waals surface area (Å²) in [6, 6.07) is 7.61. The number of rotatable bonds is 5. The van der Waals surface area contributed by atoms with Crippen LogP contribution in [0.4, 0.5) is 0 Å². The third kappa shape index (κ3) is 4.64. The molecule has 0 heterocycles. The van der Waals surface area contributed by atoms with Crippen molar-refractivity contribution in [1.29, 1.82) is 5.26 Å². The highest BCUT2D eigenvalue weighted by molar-refractivity contribution is 5.41. The van der Waals surface area contributed by atoms with Crippen molar-refractivity contribution in [3.05, 3.63) is 23.8 Å². The van der Waals surface area contributed by atoms with Crippen molar-refractivity contribution >= 4 is 0 Å². The fourth-order valence-corrected chi connectivity index (χ4v) is 1.41. The second-order valence-electron chi connectivity index (χ2n) is 5.02. The van der Waals surface area contributed by atoms with E-state index in [-0.39, 0.29) is 12.1 Å². The molecular weight excluding hydrogens is 228 g/mol. The normalized spacial score (nSPS) is 10.8. The van der Waals surface area contributed by atoms with Crippen LogP contribution in [0, 0.1) is 11.3 Å². The standard InChI is InChI=1S/C14H20N2O2/c1-14(2,3)16-10-11-5-6-12(17-4)9-13(11)18-8-7-15/h5-6,9,16H,8,10H2,1-4H3. The number of nitriles is 1. The molecule has 4 nitrogen and oxygen atoms in total. The molecule has 0 bridgehead atoms. The summed E-state index contributed by atoms with van der Waals surface area (Å²) >= 11 is 0. The molecule has 0 saturated carbocycles. The van der Waals surface area contributed by atoms with E-state index in [9.17, 15) is 0 Å². The quantitative estimate of drug-likeness (QED) is 0.869. The van der Waals surface area contributed by atoms with Crippen LogP contribution in [-0.4, -0.2) is 19.3 Å². The number of methoxy groups -OCH3 is 1. The molecule has 0 spiro atoms. The number of ether oxygens (including phenoxy) is 2. The minimum Gasteiger partial charge on any atom is -0.497 e. The van der Waals surface area contributed by atoms with Gasteiger partial charge in [0, 0.05) is 23.7 Å². The van der Waals surface area contributed by atoms with Crippen LogP contribution >= 0.6 is 0 Å². The maximum Gasteiger partial charge on any atom is 0.174 e. The van der Waals surface area contributed by atoms with Crippen molar-refractivity contribution in [2.75, 3.05) is 13.7 Å². The van der Waals surface area contributed by atoms with Gasteiger partial charge in [-0.2, -0.15) is 5.26 Å². The summed E-state index contributed by atoms with van der Waals surface area (Å²) in [7, 11) is 1.61. The zero-order valence-corrected chi connectivity index (χ0v) is 11.4. The van der Waals surface area contributed by atoms with Gasteiger partial charge in [0.15, 0.2) is 6.61 Å². The molecule has 0 aromatic heterocycles. The third-order valence-electron chi connectivity index (χ3n) is 2.38. The molecule has 1 rings (SSSR count). The lowest BCUT2D eigenvalue weighted by molar-refractivity contribution is 0.351. The van der Waals surface area contributed by atoms with Gasteiger partial charge in [-0.3, -0.25) is 0 Å². The Morgan fingerprint density at radius 3 is 2.61 bits per heavy atom. The van der Waals surface area contributed by atoms with Gasteiger partial charge in [-0.1, -0.05) is 6.07 Å². The van der Waals surface area contributed by atoms with E-state index in [1.807, 2.05) is 18.2 Å². The van der Waals surface area contributed by atoms with Crippen LogP contribution in [0.2, 0.25) is 0 Å². The largest absolute Gasteiger partial charge is 0.497 e. The van der Waals surface area contributed by atoms with Gasteiger partial charge in [0.25, 0.3) is 0 Å². The minimum atomic E-state index is 0.0342. The number of nitrogens with zero attached hydrogens (tertiary/aromatic N) is 1. The first kappa shape index (κ1) is 14.3. The molecule has 0 amide bonds. The summed E-state index contributed by atoms with van der Waals surface area (Å²) in [5.41, 5.74) is 1.05. The van der Waals surface area contributed by atoms with Gasteiger partial charge < -0.3 is 14.8 Å². The summed E-state index contributed by atoms with van der Waals surface area (Å²) < 4.78 is 10.6. The highest BCUT2D eigenvalue weighted by Crippen LogP contribution is 2.25. The second kappa shape index (κ2) is 6.27. The van der Waals surface area contributed by atoms with E-state index in [2.05, 4.69) is 26.1 Å². The minimum absolute atomic E-state index is 0.0342. The summed E-state index contributed by atoms with van der Waals surface area (Å²) in [5, 5.41) is 12.0.